The smallest absolute Gasteiger partial charge is 0.127 e. The number of anilines is 1. The van der Waals surface area contributed by atoms with E-state index >= 15 is 0 Å². The number of hydrogen-bond donors (Lipinski definition) is 1. The summed E-state index contributed by atoms with van der Waals surface area (Å²) < 4.78 is 0. The molecule has 0 saturated carbocycles. The molecule has 0 atom stereocenters. The molecular weight excluding hydrogens is 186 g/mol. The fraction of sp³-hybridized carbons (Fsp3) is 0.231. The number of allylic oxidation sites excluding steroid dienone is 3. The first-order valence-corrected chi connectivity index (χ1v) is 5.15. The van der Waals surface area contributed by atoms with Crippen molar-refractivity contribution in [2.45, 2.75) is 19.3 Å². The molecule has 1 N–H and O–H groups in total. The van der Waals surface area contributed by atoms with Gasteiger partial charge in [-0.15, -0.1) is 0 Å². The minimum Gasteiger partial charge on any atom is -0.359 e. The van der Waals surface area contributed by atoms with E-state index in [0.717, 1.165) is 36.2 Å². The van der Waals surface area contributed by atoms with Gasteiger partial charge in [0.2, 0.25) is 0 Å². The van der Waals surface area contributed by atoms with Crippen LogP contribution in [0.1, 0.15) is 19.3 Å². The van der Waals surface area contributed by atoms with Gasteiger partial charge in [0.15, 0.2) is 0 Å². The fourth-order valence-corrected chi connectivity index (χ4v) is 1.71. The van der Waals surface area contributed by atoms with Crippen molar-refractivity contribution in [2.24, 2.45) is 0 Å². The summed E-state index contributed by atoms with van der Waals surface area (Å²) in [6, 6.07) is 9.99. The SMILES string of the molecule is O=C=C1C=C(Nc2ccccc2)CCC1. The third-order valence-corrected chi connectivity index (χ3v) is 2.45. The second kappa shape index (κ2) is 4.63. The third kappa shape index (κ3) is 2.58. The molecule has 0 bridgehead atoms. The number of carbonyl (C=O) groups excluding carboxylic acids is 1. The van der Waals surface area contributed by atoms with Gasteiger partial charge in [0.25, 0.3) is 0 Å². The van der Waals surface area contributed by atoms with Crippen molar-refractivity contribution >= 4 is 11.6 Å². The lowest BCUT2D eigenvalue weighted by atomic mass is 10.0. The normalized spacial score (nSPS) is 15.5. The number of benzene rings is 1. The van der Waals surface area contributed by atoms with Crippen LogP contribution >= 0.6 is 0 Å². The van der Waals surface area contributed by atoms with Crippen LogP contribution in [-0.2, 0) is 4.79 Å². The summed E-state index contributed by atoms with van der Waals surface area (Å²) >= 11 is 0. The molecule has 1 aromatic rings. The monoisotopic (exact) mass is 199 g/mol. The van der Waals surface area contributed by atoms with E-state index in [0.29, 0.717) is 0 Å². The topological polar surface area (TPSA) is 29.1 Å². The van der Waals surface area contributed by atoms with Crippen LogP contribution in [0, 0.1) is 0 Å². The highest BCUT2D eigenvalue weighted by Crippen LogP contribution is 2.21. The van der Waals surface area contributed by atoms with Crippen molar-refractivity contribution in [1.29, 1.82) is 0 Å². The van der Waals surface area contributed by atoms with E-state index in [1.54, 1.807) is 0 Å². The van der Waals surface area contributed by atoms with Crippen LogP contribution < -0.4 is 5.32 Å². The molecule has 0 amide bonds. The van der Waals surface area contributed by atoms with Crippen LogP contribution in [0.25, 0.3) is 0 Å². The zero-order chi connectivity index (χ0) is 10.5. The van der Waals surface area contributed by atoms with Gasteiger partial charge in [-0.25, -0.2) is 4.79 Å². The van der Waals surface area contributed by atoms with Gasteiger partial charge in [0, 0.05) is 17.0 Å². The molecule has 0 fully saturated rings. The lowest BCUT2D eigenvalue weighted by molar-refractivity contribution is 0.565. The highest BCUT2D eigenvalue weighted by atomic mass is 16.1. The number of nitrogens with one attached hydrogen (secondary N) is 1. The largest absolute Gasteiger partial charge is 0.359 e. The molecule has 15 heavy (non-hydrogen) atoms. The Hall–Kier alpha value is -1.79. The Morgan fingerprint density at radius 2 is 1.93 bits per heavy atom. The summed E-state index contributed by atoms with van der Waals surface area (Å²) in [5.41, 5.74) is 2.93. The van der Waals surface area contributed by atoms with E-state index in [9.17, 15) is 4.79 Å². The predicted molar refractivity (Wildman–Crippen MR) is 61.2 cm³/mol. The number of para-hydroxylation sites is 1. The van der Waals surface area contributed by atoms with E-state index in [-0.39, 0.29) is 0 Å². The minimum atomic E-state index is 0.764. The maximum Gasteiger partial charge on any atom is 0.127 e. The molecule has 0 aliphatic heterocycles. The Labute approximate surface area is 89.3 Å². The molecule has 1 aromatic carbocycles. The van der Waals surface area contributed by atoms with E-state index in [1.165, 1.54) is 0 Å². The molecule has 1 aliphatic carbocycles. The Morgan fingerprint density at radius 1 is 1.13 bits per heavy atom. The second-order valence-electron chi connectivity index (χ2n) is 3.64. The summed E-state index contributed by atoms with van der Waals surface area (Å²) in [6.45, 7) is 0. The number of hydrogen-bond acceptors (Lipinski definition) is 2. The molecule has 0 saturated heterocycles. The summed E-state index contributed by atoms with van der Waals surface area (Å²) in [5, 5.41) is 3.31. The van der Waals surface area contributed by atoms with Gasteiger partial charge < -0.3 is 5.32 Å². The highest BCUT2D eigenvalue weighted by molar-refractivity contribution is 5.60. The first-order chi connectivity index (χ1) is 7.38. The molecule has 76 valence electrons. The minimum absolute atomic E-state index is 0.764. The lowest BCUT2D eigenvalue weighted by Crippen LogP contribution is -2.04. The summed E-state index contributed by atoms with van der Waals surface area (Å²) in [6.07, 6.45) is 4.78. The number of rotatable bonds is 2. The van der Waals surface area contributed by atoms with Crippen LogP contribution in [0.3, 0.4) is 0 Å². The van der Waals surface area contributed by atoms with Crippen molar-refractivity contribution in [3.63, 3.8) is 0 Å². The first kappa shape index (κ1) is 9.75. The molecule has 2 heteroatoms. The van der Waals surface area contributed by atoms with Gasteiger partial charge in [-0.05, 0) is 37.5 Å². The Balaban J connectivity index is 2.13. The third-order valence-electron chi connectivity index (χ3n) is 2.45. The average molecular weight is 199 g/mol. The molecule has 0 aromatic heterocycles. The Bertz CT molecular complexity index is 413. The van der Waals surface area contributed by atoms with Crippen LogP contribution in [-0.4, -0.2) is 5.94 Å². The van der Waals surface area contributed by atoms with Crippen molar-refractivity contribution in [2.75, 3.05) is 5.32 Å². The molecule has 1 aliphatic rings. The summed E-state index contributed by atoms with van der Waals surface area (Å²) in [5.74, 6) is 1.97. The van der Waals surface area contributed by atoms with Gasteiger partial charge in [-0.1, -0.05) is 18.2 Å². The van der Waals surface area contributed by atoms with Crippen molar-refractivity contribution in [3.8, 4) is 0 Å². The maximum absolute atomic E-state index is 10.5. The summed E-state index contributed by atoms with van der Waals surface area (Å²) in [7, 11) is 0. The van der Waals surface area contributed by atoms with Crippen LogP contribution in [0.15, 0.2) is 47.7 Å². The molecule has 0 spiro atoms. The van der Waals surface area contributed by atoms with E-state index in [2.05, 4.69) is 5.32 Å². The maximum atomic E-state index is 10.5. The Morgan fingerprint density at radius 3 is 2.67 bits per heavy atom. The zero-order valence-corrected chi connectivity index (χ0v) is 8.49. The van der Waals surface area contributed by atoms with Crippen LogP contribution in [0.2, 0.25) is 0 Å². The van der Waals surface area contributed by atoms with Gasteiger partial charge >= 0.3 is 0 Å². The molecular formula is C13H13NO. The van der Waals surface area contributed by atoms with E-state index in [4.69, 9.17) is 0 Å². The van der Waals surface area contributed by atoms with E-state index in [1.807, 2.05) is 42.3 Å². The van der Waals surface area contributed by atoms with Gasteiger partial charge in [0.1, 0.15) is 5.94 Å². The van der Waals surface area contributed by atoms with Gasteiger partial charge in [0.05, 0.1) is 0 Å². The lowest BCUT2D eigenvalue weighted by Gasteiger charge is -2.15. The Kier molecular flexibility index (Phi) is 3.01. The molecule has 0 radical (unpaired) electrons. The predicted octanol–water partition coefficient (Wildman–Crippen LogP) is 2.92. The van der Waals surface area contributed by atoms with Crippen molar-refractivity contribution < 1.29 is 4.79 Å². The van der Waals surface area contributed by atoms with Crippen molar-refractivity contribution in [3.05, 3.63) is 47.7 Å². The molecule has 2 rings (SSSR count). The van der Waals surface area contributed by atoms with Gasteiger partial charge in [-0.2, -0.15) is 0 Å². The summed E-state index contributed by atoms with van der Waals surface area (Å²) in [4.78, 5) is 10.5. The second-order valence-corrected chi connectivity index (χ2v) is 3.64. The average Bonchev–Trinajstić information content (AvgIpc) is 2.31. The molecule has 0 unspecified atom stereocenters. The highest BCUT2D eigenvalue weighted by Gasteiger charge is 2.07. The van der Waals surface area contributed by atoms with Crippen LogP contribution in [0.4, 0.5) is 5.69 Å². The molecule has 0 heterocycles. The fourth-order valence-electron chi connectivity index (χ4n) is 1.71. The quantitative estimate of drug-likeness (QED) is 0.742. The van der Waals surface area contributed by atoms with Crippen molar-refractivity contribution in [1.82, 2.24) is 0 Å². The van der Waals surface area contributed by atoms with Gasteiger partial charge in [-0.3, -0.25) is 0 Å². The molecule has 2 nitrogen and oxygen atoms in total. The first-order valence-electron chi connectivity index (χ1n) is 5.15. The van der Waals surface area contributed by atoms with E-state index < -0.39 is 0 Å². The zero-order valence-electron chi connectivity index (χ0n) is 8.49. The van der Waals surface area contributed by atoms with Crippen LogP contribution in [0.5, 0.6) is 0 Å². The standard InChI is InChI=1S/C13H13NO/c15-10-11-5-4-8-13(9-11)14-12-6-2-1-3-7-12/h1-3,6-7,9,14H,4-5,8H2.